The standard InChI is InChI=1S/C17H20N4O2S/c1-24-7-6-19-16(22)15-10-23-17(21-15)13(18)8-11-9-20-14-5-3-2-4-12(11)14/h2-5,9-10,13,20H,6-8,18H2,1H3,(H,19,22). The van der Waals surface area contributed by atoms with E-state index in [1.807, 2.05) is 36.7 Å². The summed E-state index contributed by atoms with van der Waals surface area (Å²) in [5.41, 5.74) is 8.64. The van der Waals surface area contributed by atoms with Gasteiger partial charge in [-0.05, 0) is 24.3 Å². The van der Waals surface area contributed by atoms with Crippen molar-refractivity contribution in [1.29, 1.82) is 0 Å². The molecule has 4 N–H and O–H groups in total. The summed E-state index contributed by atoms with van der Waals surface area (Å²) >= 11 is 1.67. The summed E-state index contributed by atoms with van der Waals surface area (Å²) in [6, 6.07) is 7.64. The van der Waals surface area contributed by atoms with E-state index >= 15 is 0 Å². The molecule has 2 heterocycles. The van der Waals surface area contributed by atoms with Gasteiger partial charge in [-0.15, -0.1) is 0 Å². The first-order chi connectivity index (χ1) is 11.7. The van der Waals surface area contributed by atoms with Gasteiger partial charge in [0, 0.05) is 29.4 Å². The van der Waals surface area contributed by atoms with Crippen molar-refractivity contribution in [3.8, 4) is 0 Å². The largest absolute Gasteiger partial charge is 0.446 e. The molecule has 3 aromatic rings. The van der Waals surface area contributed by atoms with Crippen molar-refractivity contribution in [3.63, 3.8) is 0 Å². The van der Waals surface area contributed by atoms with E-state index in [9.17, 15) is 4.79 Å². The first-order valence-electron chi connectivity index (χ1n) is 7.72. The number of hydrogen-bond acceptors (Lipinski definition) is 5. The first-order valence-corrected chi connectivity index (χ1v) is 9.11. The SMILES string of the molecule is CSCCNC(=O)c1coc(C(N)Cc2c[nH]c3ccccc23)n1. The van der Waals surface area contributed by atoms with Gasteiger partial charge in [0.15, 0.2) is 5.69 Å². The molecule has 126 valence electrons. The highest BCUT2D eigenvalue weighted by molar-refractivity contribution is 7.98. The number of nitrogens with two attached hydrogens (primary N) is 1. The van der Waals surface area contributed by atoms with Crippen LogP contribution in [0.15, 0.2) is 41.1 Å². The highest BCUT2D eigenvalue weighted by Gasteiger charge is 2.18. The first kappa shape index (κ1) is 16.6. The van der Waals surface area contributed by atoms with Gasteiger partial charge >= 0.3 is 0 Å². The third-order valence-electron chi connectivity index (χ3n) is 3.78. The van der Waals surface area contributed by atoms with Crippen molar-refractivity contribution in [2.75, 3.05) is 18.6 Å². The van der Waals surface area contributed by atoms with Crippen LogP contribution >= 0.6 is 11.8 Å². The number of thioether (sulfide) groups is 1. The minimum Gasteiger partial charge on any atom is -0.446 e. The number of amides is 1. The normalized spacial score (nSPS) is 12.4. The van der Waals surface area contributed by atoms with E-state index in [-0.39, 0.29) is 11.6 Å². The minimum atomic E-state index is -0.406. The van der Waals surface area contributed by atoms with Crippen molar-refractivity contribution < 1.29 is 9.21 Å². The highest BCUT2D eigenvalue weighted by atomic mass is 32.2. The predicted octanol–water partition coefficient (Wildman–Crippen LogP) is 2.49. The van der Waals surface area contributed by atoms with Crippen molar-refractivity contribution in [1.82, 2.24) is 15.3 Å². The molecule has 0 aliphatic carbocycles. The third-order valence-corrected chi connectivity index (χ3v) is 4.39. The molecule has 1 aromatic carbocycles. The molecule has 7 heteroatoms. The number of aromatic amines is 1. The van der Waals surface area contributed by atoms with Gasteiger partial charge in [0.25, 0.3) is 5.91 Å². The van der Waals surface area contributed by atoms with Crippen molar-refractivity contribution >= 4 is 28.6 Å². The van der Waals surface area contributed by atoms with Gasteiger partial charge in [-0.25, -0.2) is 4.98 Å². The van der Waals surface area contributed by atoms with Crippen LogP contribution in [-0.4, -0.2) is 34.4 Å². The van der Waals surface area contributed by atoms with Gasteiger partial charge in [0.1, 0.15) is 6.26 Å². The Bertz CT molecular complexity index is 827. The molecule has 3 rings (SSSR count). The number of carbonyl (C=O) groups excluding carboxylic acids is 1. The monoisotopic (exact) mass is 344 g/mol. The molecule has 0 saturated carbocycles. The van der Waals surface area contributed by atoms with Crippen molar-refractivity contribution in [2.45, 2.75) is 12.5 Å². The molecule has 0 fully saturated rings. The maximum Gasteiger partial charge on any atom is 0.273 e. The fourth-order valence-electron chi connectivity index (χ4n) is 2.54. The lowest BCUT2D eigenvalue weighted by Gasteiger charge is -2.06. The van der Waals surface area contributed by atoms with E-state index in [1.54, 1.807) is 11.8 Å². The Morgan fingerprint density at radius 1 is 1.46 bits per heavy atom. The van der Waals surface area contributed by atoms with E-state index in [4.69, 9.17) is 10.2 Å². The highest BCUT2D eigenvalue weighted by Crippen LogP contribution is 2.23. The summed E-state index contributed by atoms with van der Waals surface area (Å²) in [6.45, 7) is 0.601. The van der Waals surface area contributed by atoms with E-state index in [1.165, 1.54) is 6.26 Å². The van der Waals surface area contributed by atoms with Crippen molar-refractivity contribution in [3.05, 3.63) is 53.9 Å². The number of oxazole rings is 1. The Morgan fingerprint density at radius 3 is 3.12 bits per heavy atom. The number of H-pyrrole nitrogens is 1. The van der Waals surface area contributed by atoms with E-state index in [0.29, 0.717) is 18.9 Å². The molecule has 1 unspecified atom stereocenters. The predicted molar refractivity (Wildman–Crippen MR) is 96.1 cm³/mol. The number of benzene rings is 1. The molecule has 0 saturated heterocycles. The maximum absolute atomic E-state index is 12.0. The Hall–Kier alpha value is -2.25. The number of carbonyl (C=O) groups is 1. The average molecular weight is 344 g/mol. The lowest BCUT2D eigenvalue weighted by Crippen LogP contribution is -2.26. The summed E-state index contributed by atoms with van der Waals surface area (Å²) in [7, 11) is 0. The van der Waals surface area contributed by atoms with E-state index in [2.05, 4.69) is 15.3 Å². The molecule has 0 aliphatic rings. The van der Waals surface area contributed by atoms with Gasteiger partial charge in [0.05, 0.1) is 6.04 Å². The molecule has 24 heavy (non-hydrogen) atoms. The van der Waals surface area contributed by atoms with Crippen molar-refractivity contribution in [2.24, 2.45) is 5.73 Å². The van der Waals surface area contributed by atoms with Gasteiger partial charge in [0.2, 0.25) is 5.89 Å². The maximum atomic E-state index is 12.0. The Labute approximate surface area is 144 Å². The number of nitrogens with zero attached hydrogens (tertiary/aromatic N) is 1. The Morgan fingerprint density at radius 2 is 2.29 bits per heavy atom. The van der Waals surface area contributed by atoms with Gasteiger partial charge in [-0.1, -0.05) is 18.2 Å². The second-order valence-corrected chi connectivity index (χ2v) is 6.48. The lowest BCUT2D eigenvalue weighted by molar-refractivity contribution is 0.0951. The molecule has 1 amide bonds. The zero-order valence-electron chi connectivity index (χ0n) is 13.4. The fraction of sp³-hybridized carbons (Fsp3) is 0.294. The molecule has 0 radical (unpaired) electrons. The Kier molecular flexibility index (Phi) is 5.22. The topological polar surface area (TPSA) is 96.9 Å². The number of rotatable bonds is 7. The van der Waals surface area contributed by atoms with E-state index in [0.717, 1.165) is 22.2 Å². The number of nitrogens with one attached hydrogen (secondary N) is 2. The smallest absolute Gasteiger partial charge is 0.273 e. The quantitative estimate of drug-likeness (QED) is 0.572. The molecule has 0 spiro atoms. The van der Waals surface area contributed by atoms with Crippen LogP contribution in [0.4, 0.5) is 0 Å². The molecule has 0 bridgehead atoms. The van der Waals surface area contributed by atoms with E-state index < -0.39 is 6.04 Å². The summed E-state index contributed by atoms with van der Waals surface area (Å²) in [6.07, 6.45) is 5.88. The van der Waals surface area contributed by atoms with Crippen LogP contribution in [0.25, 0.3) is 10.9 Å². The second-order valence-electron chi connectivity index (χ2n) is 5.49. The second kappa shape index (κ2) is 7.55. The molecule has 6 nitrogen and oxygen atoms in total. The molecular weight excluding hydrogens is 324 g/mol. The summed E-state index contributed by atoms with van der Waals surface area (Å²) in [5, 5.41) is 3.93. The van der Waals surface area contributed by atoms with Crippen LogP contribution < -0.4 is 11.1 Å². The average Bonchev–Trinajstić information content (AvgIpc) is 3.23. The van der Waals surface area contributed by atoms with Crippen LogP contribution in [0.3, 0.4) is 0 Å². The van der Waals surface area contributed by atoms with Crippen LogP contribution in [-0.2, 0) is 6.42 Å². The molecule has 0 aliphatic heterocycles. The van der Waals surface area contributed by atoms with Crippen LogP contribution in [0.1, 0.15) is 28.0 Å². The van der Waals surface area contributed by atoms with Crippen LogP contribution in [0, 0.1) is 0 Å². The summed E-state index contributed by atoms with van der Waals surface area (Å²) in [4.78, 5) is 19.4. The van der Waals surface area contributed by atoms with Crippen LogP contribution in [0.5, 0.6) is 0 Å². The fourth-order valence-corrected chi connectivity index (χ4v) is 2.85. The minimum absolute atomic E-state index is 0.238. The molecular formula is C17H20N4O2S. The summed E-state index contributed by atoms with van der Waals surface area (Å²) in [5.74, 6) is 0.991. The van der Waals surface area contributed by atoms with Gasteiger partial charge < -0.3 is 20.5 Å². The zero-order chi connectivity index (χ0) is 16.9. The number of hydrogen-bond donors (Lipinski definition) is 3. The lowest BCUT2D eigenvalue weighted by atomic mass is 10.1. The molecule has 1 atom stereocenters. The number of aromatic nitrogens is 2. The summed E-state index contributed by atoms with van der Waals surface area (Å²) < 4.78 is 5.40. The van der Waals surface area contributed by atoms with Gasteiger partial charge in [-0.3, -0.25) is 4.79 Å². The van der Waals surface area contributed by atoms with Crippen LogP contribution in [0.2, 0.25) is 0 Å². The van der Waals surface area contributed by atoms with Gasteiger partial charge in [-0.2, -0.15) is 11.8 Å². The third kappa shape index (κ3) is 3.63. The zero-order valence-corrected chi connectivity index (χ0v) is 14.2. The molecule has 2 aromatic heterocycles. The number of para-hydroxylation sites is 1. The Balaban J connectivity index is 1.67. The number of fused-ring (bicyclic) bond motifs is 1.